The Bertz CT molecular complexity index is 621. The van der Waals surface area contributed by atoms with E-state index in [4.69, 9.17) is 5.73 Å². The van der Waals surface area contributed by atoms with Gasteiger partial charge in [0.2, 0.25) is 0 Å². The lowest BCUT2D eigenvalue weighted by atomic mass is 9.95. The van der Waals surface area contributed by atoms with E-state index in [0.29, 0.717) is 12.2 Å². The monoisotopic (exact) mass is 272 g/mol. The molecule has 1 amide bonds. The summed E-state index contributed by atoms with van der Waals surface area (Å²) in [4.78, 5) is 14.8. The number of piperidine rings is 1. The van der Waals surface area contributed by atoms with E-state index in [-0.39, 0.29) is 18.0 Å². The Balaban J connectivity index is 1.98. The van der Waals surface area contributed by atoms with Crippen molar-refractivity contribution in [2.24, 2.45) is 5.73 Å². The van der Waals surface area contributed by atoms with Crippen LogP contribution >= 0.6 is 0 Å². The lowest BCUT2D eigenvalue weighted by Crippen LogP contribution is -2.52. The van der Waals surface area contributed by atoms with Gasteiger partial charge in [-0.15, -0.1) is 0 Å². The number of hydrogen-bond acceptors (Lipinski definition) is 3. The maximum Gasteiger partial charge on any atom is 0.275 e. The van der Waals surface area contributed by atoms with Crippen LogP contribution < -0.4 is 5.73 Å². The van der Waals surface area contributed by atoms with E-state index in [1.807, 2.05) is 29.2 Å². The largest absolute Gasteiger partial charge is 0.330 e. The van der Waals surface area contributed by atoms with Crippen LogP contribution in [0.3, 0.4) is 0 Å². The van der Waals surface area contributed by atoms with Crippen molar-refractivity contribution in [3.63, 3.8) is 0 Å². The van der Waals surface area contributed by atoms with E-state index in [1.165, 1.54) is 0 Å². The van der Waals surface area contributed by atoms with E-state index in [1.54, 1.807) is 0 Å². The molecular weight excluding hydrogens is 252 g/mol. The molecule has 3 rings (SSSR count). The normalized spacial score (nSPS) is 23.2. The summed E-state index contributed by atoms with van der Waals surface area (Å²) >= 11 is 0. The molecule has 20 heavy (non-hydrogen) atoms. The number of likely N-dealkylation sites (tertiary alicyclic amines) is 1. The predicted octanol–water partition coefficient (Wildman–Crippen LogP) is 1.90. The highest BCUT2D eigenvalue weighted by Gasteiger charge is 2.33. The molecule has 0 aliphatic carbocycles. The molecular formula is C15H20N4O. The summed E-state index contributed by atoms with van der Waals surface area (Å²) in [5.41, 5.74) is 7.24. The van der Waals surface area contributed by atoms with Gasteiger partial charge in [-0.3, -0.25) is 9.89 Å². The number of nitrogens with one attached hydrogen (secondary N) is 1. The average molecular weight is 272 g/mol. The fraction of sp³-hybridized carbons (Fsp3) is 0.467. The Morgan fingerprint density at radius 2 is 2.25 bits per heavy atom. The van der Waals surface area contributed by atoms with E-state index in [9.17, 15) is 4.79 Å². The molecule has 2 aromatic rings. The summed E-state index contributed by atoms with van der Waals surface area (Å²) < 4.78 is 0. The molecule has 1 saturated heterocycles. The number of carbonyl (C=O) groups excluding carboxylic acids is 1. The molecule has 2 atom stereocenters. The molecule has 2 unspecified atom stereocenters. The number of benzene rings is 1. The number of H-pyrrole nitrogens is 1. The second-order valence-corrected chi connectivity index (χ2v) is 5.50. The van der Waals surface area contributed by atoms with Gasteiger partial charge in [-0.05, 0) is 32.3 Å². The topological polar surface area (TPSA) is 75.0 Å². The van der Waals surface area contributed by atoms with Gasteiger partial charge >= 0.3 is 0 Å². The Hall–Kier alpha value is -1.88. The molecule has 0 spiro atoms. The highest BCUT2D eigenvalue weighted by Crippen LogP contribution is 2.26. The van der Waals surface area contributed by atoms with E-state index < -0.39 is 0 Å². The first-order valence-corrected chi connectivity index (χ1v) is 7.18. The van der Waals surface area contributed by atoms with Gasteiger partial charge in [0, 0.05) is 24.0 Å². The molecule has 1 fully saturated rings. The number of nitrogens with zero attached hydrogens (tertiary/aromatic N) is 2. The van der Waals surface area contributed by atoms with Gasteiger partial charge in [-0.1, -0.05) is 18.2 Å². The third-order valence-electron chi connectivity index (χ3n) is 4.21. The van der Waals surface area contributed by atoms with Crippen molar-refractivity contribution in [3.8, 4) is 0 Å². The van der Waals surface area contributed by atoms with Crippen molar-refractivity contribution < 1.29 is 4.79 Å². The molecule has 1 aromatic heterocycles. The van der Waals surface area contributed by atoms with E-state index in [0.717, 1.165) is 30.2 Å². The number of nitrogens with two attached hydrogens (primary N) is 1. The number of carbonyl (C=O) groups is 1. The van der Waals surface area contributed by atoms with Crippen LogP contribution in [0.15, 0.2) is 24.3 Å². The first-order chi connectivity index (χ1) is 9.72. The molecule has 1 aliphatic heterocycles. The Kier molecular flexibility index (Phi) is 3.44. The number of rotatable bonds is 2. The molecule has 5 heteroatoms. The van der Waals surface area contributed by atoms with Crippen molar-refractivity contribution >= 4 is 16.8 Å². The summed E-state index contributed by atoms with van der Waals surface area (Å²) in [5.74, 6) is -0.00917. The van der Waals surface area contributed by atoms with Crippen LogP contribution in [0.2, 0.25) is 0 Å². The highest BCUT2D eigenvalue weighted by atomic mass is 16.2. The quantitative estimate of drug-likeness (QED) is 0.876. The zero-order valence-electron chi connectivity index (χ0n) is 11.7. The van der Waals surface area contributed by atoms with Crippen molar-refractivity contribution in [2.45, 2.75) is 38.3 Å². The van der Waals surface area contributed by atoms with Gasteiger partial charge in [0.25, 0.3) is 5.91 Å². The summed E-state index contributed by atoms with van der Waals surface area (Å²) in [6.45, 7) is 2.60. The number of aromatic amines is 1. The molecule has 0 bridgehead atoms. The zero-order chi connectivity index (χ0) is 14.1. The number of hydrogen-bond donors (Lipinski definition) is 2. The van der Waals surface area contributed by atoms with Crippen molar-refractivity contribution in [3.05, 3.63) is 30.0 Å². The first kappa shape index (κ1) is 13.1. The van der Waals surface area contributed by atoms with Crippen molar-refractivity contribution in [1.82, 2.24) is 15.1 Å². The number of amides is 1. The van der Waals surface area contributed by atoms with Gasteiger partial charge < -0.3 is 10.6 Å². The summed E-state index contributed by atoms with van der Waals surface area (Å²) in [5, 5.41) is 8.02. The fourth-order valence-electron chi connectivity index (χ4n) is 3.13. The standard InChI is InChI=1S/C15H20N4O/c1-10-5-4-6-11(9-16)19(10)15(20)14-12-7-2-3-8-13(12)17-18-14/h2-3,7-8,10-11H,4-6,9,16H2,1H3,(H,17,18). The van der Waals surface area contributed by atoms with Gasteiger partial charge in [0.05, 0.1) is 5.52 Å². The lowest BCUT2D eigenvalue weighted by Gasteiger charge is -2.40. The minimum atomic E-state index is -0.00917. The summed E-state index contributed by atoms with van der Waals surface area (Å²) in [6.07, 6.45) is 3.15. The molecule has 1 aliphatic rings. The smallest absolute Gasteiger partial charge is 0.275 e. The van der Waals surface area contributed by atoms with Crippen LogP contribution in [0.4, 0.5) is 0 Å². The predicted molar refractivity (Wildman–Crippen MR) is 78.4 cm³/mol. The van der Waals surface area contributed by atoms with Crippen LogP contribution in [0.1, 0.15) is 36.7 Å². The molecule has 2 heterocycles. The van der Waals surface area contributed by atoms with E-state index in [2.05, 4.69) is 17.1 Å². The third kappa shape index (κ3) is 2.08. The number of aromatic nitrogens is 2. The third-order valence-corrected chi connectivity index (χ3v) is 4.21. The van der Waals surface area contributed by atoms with Gasteiger partial charge in [-0.2, -0.15) is 5.10 Å². The summed E-state index contributed by atoms with van der Waals surface area (Å²) in [6, 6.07) is 8.06. The maximum atomic E-state index is 12.8. The molecule has 5 nitrogen and oxygen atoms in total. The van der Waals surface area contributed by atoms with Gasteiger partial charge in [0.15, 0.2) is 5.69 Å². The van der Waals surface area contributed by atoms with Crippen LogP contribution in [-0.4, -0.2) is 39.6 Å². The number of para-hydroxylation sites is 1. The average Bonchev–Trinajstić information content (AvgIpc) is 2.90. The minimum absolute atomic E-state index is 0.00917. The molecule has 1 aromatic carbocycles. The second kappa shape index (κ2) is 5.25. The molecule has 106 valence electrons. The zero-order valence-corrected chi connectivity index (χ0v) is 11.7. The van der Waals surface area contributed by atoms with Crippen molar-refractivity contribution in [2.75, 3.05) is 6.54 Å². The SMILES string of the molecule is CC1CCCC(CN)N1C(=O)c1n[nH]c2ccccc12. The van der Waals surface area contributed by atoms with Gasteiger partial charge in [-0.25, -0.2) is 0 Å². The fourth-order valence-corrected chi connectivity index (χ4v) is 3.13. The first-order valence-electron chi connectivity index (χ1n) is 7.18. The minimum Gasteiger partial charge on any atom is -0.330 e. The molecule has 3 N–H and O–H groups in total. The van der Waals surface area contributed by atoms with Crippen LogP contribution in [0.5, 0.6) is 0 Å². The Morgan fingerprint density at radius 3 is 3.05 bits per heavy atom. The van der Waals surface area contributed by atoms with Crippen LogP contribution in [0, 0.1) is 0 Å². The number of fused-ring (bicyclic) bond motifs is 1. The van der Waals surface area contributed by atoms with Crippen LogP contribution in [0.25, 0.3) is 10.9 Å². The maximum absolute atomic E-state index is 12.8. The lowest BCUT2D eigenvalue weighted by molar-refractivity contribution is 0.0490. The van der Waals surface area contributed by atoms with Crippen molar-refractivity contribution in [1.29, 1.82) is 0 Å². The Labute approximate surface area is 118 Å². The molecule has 0 saturated carbocycles. The highest BCUT2D eigenvalue weighted by molar-refractivity contribution is 6.04. The molecule has 0 radical (unpaired) electrons. The second-order valence-electron chi connectivity index (χ2n) is 5.50. The van der Waals surface area contributed by atoms with Gasteiger partial charge in [0.1, 0.15) is 0 Å². The summed E-state index contributed by atoms with van der Waals surface area (Å²) in [7, 11) is 0. The van der Waals surface area contributed by atoms with Crippen LogP contribution in [-0.2, 0) is 0 Å². The van der Waals surface area contributed by atoms with E-state index >= 15 is 0 Å². The Morgan fingerprint density at radius 1 is 1.45 bits per heavy atom.